The van der Waals surface area contributed by atoms with Gasteiger partial charge in [-0.1, -0.05) is 45.4 Å². The van der Waals surface area contributed by atoms with Gasteiger partial charge in [-0.25, -0.2) is 0 Å². The number of ketones is 1. The number of hydrogen-bond donors (Lipinski definition) is 1. The van der Waals surface area contributed by atoms with E-state index in [0.717, 1.165) is 5.57 Å². The lowest BCUT2D eigenvalue weighted by Gasteiger charge is -2.48. The molecule has 2 aliphatic heterocycles. The minimum Gasteiger partial charge on any atom is -0.465 e. The standard InChI is InChI=1S/C36H57NO12/c1-12-30-27(18-44-24(7)38)15-19(2)13-14-28(41)20(3)16-21(4)33(22(5)29(42)17-31(43)48-30)49-36-35(47-26(9)40)32(37(10)11)34(23(6)45-36)46-25(8)39/h13-15,20-23,27,29-30,32-36,42H,12,16-18H2,1-11H3/b14-13+,19-15+/t20-,21+,22+,23?,27-,29-,30-,32?,33+,34?,35?,36?/m1/s1. The Morgan fingerprint density at radius 3 is 2.10 bits per heavy atom. The van der Waals surface area contributed by atoms with Gasteiger partial charge in [0.15, 0.2) is 18.2 Å². The molecule has 1 saturated heterocycles. The van der Waals surface area contributed by atoms with Gasteiger partial charge in [0, 0.05) is 38.5 Å². The summed E-state index contributed by atoms with van der Waals surface area (Å²) >= 11 is 0. The molecule has 2 aliphatic rings. The average molecular weight is 696 g/mol. The summed E-state index contributed by atoms with van der Waals surface area (Å²) in [5, 5.41) is 11.4. The molecule has 0 saturated carbocycles. The fraction of sp³-hybridized carbons (Fsp3) is 0.750. The predicted molar refractivity (Wildman–Crippen MR) is 179 cm³/mol. The Balaban J connectivity index is 2.54. The van der Waals surface area contributed by atoms with Crippen LogP contribution in [0.5, 0.6) is 0 Å². The first-order chi connectivity index (χ1) is 22.9. The van der Waals surface area contributed by atoms with Crippen molar-refractivity contribution in [1.29, 1.82) is 0 Å². The minimum atomic E-state index is -1.23. The van der Waals surface area contributed by atoms with Crippen LogP contribution in [0.15, 0.2) is 23.8 Å². The Labute approximate surface area is 290 Å². The van der Waals surface area contributed by atoms with Crippen LogP contribution in [0.4, 0.5) is 0 Å². The minimum absolute atomic E-state index is 0.0292. The largest absolute Gasteiger partial charge is 0.465 e. The van der Waals surface area contributed by atoms with E-state index in [0.29, 0.717) is 12.8 Å². The lowest BCUT2D eigenvalue weighted by atomic mass is 9.82. The summed E-state index contributed by atoms with van der Waals surface area (Å²) in [6.07, 6.45) is -0.921. The summed E-state index contributed by atoms with van der Waals surface area (Å²) in [5.41, 5.74) is 0.727. The maximum absolute atomic E-state index is 13.3. The summed E-state index contributed by atoms with van der Waals surface area (Å²) < 4.78 is 35.3. The first-order valence-corrected chi connectivity index (χ1v) is 17.1. The number of carbonyl (C=O) groups excluding carboxylic acids is 5. The van der Waals surface area contributed by atoms with Gasteiger partial charge in [-0.15, -0.1) is 0 Å². The highest BCUT2D eigenvalue weighted by molar-refractivity contribution is 5.91. The molecular formula is C36H57NO12. The van der Waals surface area contributed by atoms with Crippen molar-refractivity contribution in [3.05, 3.63) is 23.8 Å². The van der Waals surface area contributed by atoms with Crippen LogP contribution < -0.4 is 0 Å². The van der Waals surface area contributed by atoms with Crippen LogP contribution in [0.1, 0.15) is 81.6 Å². The molecule has 0 amide bonds. The smallest absolute Gasteiger partial charge is 0.308 e. The van der Waals surface area contributed by atoms with Crippen molar-refractivity contribution in [1.82, 2.24) is 4.90 Å². The molecule has 2 heterocycles. The second kappa shape index (κ2) is 19.3. The van der Waals surface area contributed by atoms with Crippen molar-refractivity contribution < 1.29 is 57.5 Å². The SMILES string of the molecule is CC[C@H]1OC(=O)C[C@@H](O)[C@H](C)[C@@H](OC2OC(C)C(OC(C)=O)C(N(C)C)C2OC(C)=O)[C@@H](C)C[C@@H](C)C(=O)/C=C/C(C)=C/[C@@H]1COC(C)=O. The zero-order valence-corrected chi connectivity index (χ0v) is 30.9. The van der Waals surface area contributed by atoms with Gasteiger partial charge in [-0.3, -0.25) is 28.9 Å². The van der Waals surface area contributed by atoms with Crippen LogP contribution in [-0.2, 0) is 52.4 Å². The molecule has 0 aromatic carbocycles. The highest BCUT2D eigenvalue weighted by Gasteiger charge is 2.51. The third-order valence-electron chi connectivity index (χ3n) is 9.15. The van der Waals surface area contributed by atoms with Gasteiger partial charge < -0.3 is 33.5 Å². The fourth-order valence-corrected chi connectivity index (χ4v) is 6.62. The van der Waals surface area contributed by atoms with Crippen molar-refractivity contribution in [3.8, 4) is 0 Å². The molecule has 13 heteroatoms. The Kier molecular flexibility index (Phi) is 16.6. The molecule has 2 rings (SSSR count). The van der Waals surface area contributed by atoms with Crippen molar-refractivity contribution in [2.24, 2.45) is 23.7 Å². The van der Waals surface area contributed by atoms with E-state index in [1.165, 1.54) is 26.8 Å². The number of rotatable bonds is 8. The quantitative estimate of drug-likeness (QED) is 0.290. The first-order valence-electron chi connectivity index (χ1n) is 17.1. The molecule has 1 fully saturated rings. The number of allylic oxidation sites excluding steroid dienone is 3. The molecule has 12 atom stereocenters. The van der Waals surface area contributed by atoms with E-state index in [1.54, 1.807) is 38.9 Å². The molecule has 0 aromatic rings. The molecule has 5 unspecified atom stereocenters. The van der Waals surface area contributed by atoms with E-state index in [2.05, 4.69) is 0 Å². The molecule has 1 N–H and O–H groups in total. The van der Waals surface area contributed by atoms with Gasteiger partial charge in [0.2, 0.25) is 0 Å². The number of likely N-dealkylation sites (N-methyl/N-ethyl adjacent to an activating group) is 1. The molecule has 0 aromatic heterocycles. The third kappa shape index (κ3) is 12.6. The van der Waals surface area contributed by atoms with E-state index in [4.69, 9.17) is 28.4 Å². The van der Waals surface area contributed by atoms with Crippen LogP contribution >= 0.6 is 0 Å². The van der Waals surface area contributed by atoms with Gasteiger partial charge in [0.1, 0.15) is 18.8 Å². The van der Waals surface area contributed by atoms with Gasteiger partial charge in [0.25, 0.3) is 0 Å². The Bertz CT molecular complexity index is 1210. The van der Waals surface area contributed by atoms with E-state index >= 15 is 0 Å². The number of hydrogen-bond acceptors (Lipinski definition) is 13. The van der Waals surface area contributed by atoms with Gasteiger partial charge >= 0.3 is 23.9 Å². The highest BCUT2D eigenvalue weighted by Crippen LogP contribution is 2.35. The lowest BCUT2D eigenvalue weighted by molar-refractivity contribution is -0.307. The zero-order chi connectivity index (χ0) is 37.2. The number of aliphatic hydroxyl groups is 1. The van der Waals surface area contributed by atoms with Crippen molar-refractivity contribution in [2.75, 3.05) is 20.7 Å². The first kappa shape index (κ1) is 42.0. The molecule has 0 bridgehead atoms. The number of nitrogens with zero attached hydrogens (tertiary/aromatic N) is 1. The molecule has 0 aliphatic carbocycles. The number of ether oxygens (including phenoxy) is 6. The Morgan fingerprint density at radius 2 is 1.55 bits per heavy atom. The van der Waals surface area contributed by atoms with E-state index in [-0.39, 0.29) is 24.7 Å². The summed E-state index contributed by atoms with van der Waals surface area (Å²) in [5.74, 6) is -4.32. The van der Waals surface area contributed by atoms with Gasteiger partial charge in [-0.05, 0) is 52.8 Å². The van der Waals surface area contributed by atoms with Crippen LogP contribution in [-0.4, -0.2) is 109 Å². The molecular weight excluding hydrogens is 638 g/mol. The number of aliphatic hydroxyl groups excluding tert-OH is 1. The normalized spacial score (nSPS) is 37.0. The summed E-state index contributed by atoms with van der Waals surface area (Å²) in [6.45, 7) is 14.6. The van der Waals surface area contributed by atoms with E-state index in [1.807, 2.05) is 33.8 Å². The third-order valence-corrected chi connectivity index (χ3v) is 9.15. The van der Waals surface area contributed by atoms with Crippen LogP contribution in [0.3, 0.4) is 0 Å². The van der Waals surface area contributed by atoms with Crippen molar-refractivity contribution in [2.45, 2.75) is 131 Å². The van der Waals surface area contributed by atoms with Gasteiger partial charge in [-0.2, -0.15) is 0 Å². The predicted octanol–water partition coefficient (Wildman–Crippen LogP) is 3.55. The van der Waals surface area contributed by atoms with Crippen LogP contribution in [0, 0.1) is 23.7 Å². The average Bonchev–Trinajstić information content (AvgIpc) is 2.99. The molecule has 0 spiro atoms. The number of cyclic esters (lactones) is 1. The Morgan fingerprint density at radius 1 is 0.939 bits per heavy atom. The second-order valence-electron chi connectivity index (χ2n) is 13.7. The van der Waals surface area contributed by atoms with Crippen LogP contribution in [0.2, 0.25) is 0 Å². The van der Waals surface area contributed by atoms with Crippen molar-refractivity contribution >= 4 is 29.7 Å². The summed E-state index contributed by atoms with van der Waals surface area (Å²) in [6, 6.07) is -0.647. The Hall–Kier alpha value is -3.13. The zero-order valence-electron chi connectivity index (χ0n) is 30.9. The van der Waals surface area contributed by atoms with Gasteiger partial charge in [0.05, 0.1) is 30.8 Å². The molecule has 278 valence electrons. The summed E-state index contributed by atoms with van der Waals surface area (Å²) in [7, 11) is 3.52. The second-order valence-corrected chi connectivity index (χ2v) is 13.7. The topological polar surface area (TPSA) is 164 Å². The fourth-order valence-electron chi connectivity index (χ4n) is 6.62. The molecule has 0 radical (unpaired) electrons. The number of carbonyl (C=O) groups is 5. The highest BCUT2D eigenvalue weighted by atomic mass is 16.7. The molecule has 13 nitrogen and oxygen atoms in total. The van der Waals surface area contributed by atoms with Crippen LogP contribution in [0.25, 0.3) is 0 Å². The monoisotopic (exact) mass is 695 g/mol. The summed E-state index contributed by atoms with van der Waals surface area (Å²) in [4.78, 5) is 64.3. The number of esters is 4. The van der Waals surface area contributed by atoms with E-state index in [9.17, 15) is 29.1 Å². The lowest BCUT2D eigenvalue weighted by Crippen LogP contribution is -2.65. The molecule has 49 heavy (non-hydrogen) atoms. The van der Waals surface area contributed by atoms with E-state index < -0.39 is 90.6 Å². The maximum atomic E-state index is 13.3. The van der Waals surface area contributed by atoms with Crippen molar-refractivity contribution in [3.63, 3.8) is 0 Å². The maximum Gasteiger partial charge on any atom is 0.308 e.